The second-order valence-corrected chi connectivity index (χ2v) is 7.23. The summed E-state index contributed by atoms with van der Waals surface area (Å²) in [5.74, 6) is 0. The largest absolute Gasteiger partial charge is 0.387 e. The number of hydrogen-bond donors (Lipinski definition) is 1. The number of fused-ring (bicyclic) bond motifs is 1. The molecule has 0 aliphatic heterocycles. The van der Waals surface area contributed by atoms with Gasteiger partial charge in [0.15, 0.2) is 0 Å². The van der Waals surface area contributed by atoms with Crippen LogP contribution in [0.5, 0.6) is 0 Å². The van der Waals surface area contributed by atoms with E-state index in [1.807, 2.05) is 67.6 Å². The molecular weight excluding hydrogens is 344 g/mol. The summed E-state index contributed by atoms with van der Waals surface area (Å²) < 4.78 is 1.49. The van der Waals surface area contributed by atoms with Gasteiger partial charge < -0.3 is 5.11 Å². The maximum Gasteiger partial charge on any atom is 0.262 e. The number of hydrogen-bond acceptors (Lipinski definition) is 4. The molecule has 0 saturated carbocycles. The van der Waals surface area contributed by atoms with Gasteiger partial charge in [0.25, 0.3) is 5.56 Å². The van der Waals surface area contributed by atoms with E-state index in [0.717, 1.165) is 26.4 Å². The Kier molecular flexibility index (Phi) is 4.41. The molecule has 130 valence electrons. The van der Waals surface area contributed by atoms with Crippen LogP contribution in [0.1, 0.15) is 17.2 Å². The Morgan fingerprint density at radius 2 is 1.73 bits per heavy atom. The lowest BCUT2D eigenvalue weighted by atomic mass is 10.1. The van der Waals surface area contributed by atoms with E-state index in [1.165, 1.54) is 22.2 Å². The molecule has 2 aromatic carbocycles. The fourth-order valence-corrected chi connectivity index (χ4v) is 4.27. The summed E-state index contributed by atoms with van der Waals surface area (Å²) in [6, 6.07) is 19.4. The molecule has 4 nitrogen and oxygen atoms in total. The zero-order chi connectivity index (χ0) is 18.1. The van der Waals surface area contributed by atoms with Gasteiger partial charge >= 0.3 is 0 Å². The maximum absolute atomic E-state index is 13.0. The Balaban J connectivity index is 1.76. The molecule has 26 heavy (non-hydrogen) atoms. The van der Waals surface area contributed by atoms with E-state index < -0.39 is 6.10 Å². The first-order chi connectivity index (χ1) is 12.6. The minimum absolute atomic E-state index is 0.110. The number of thiophene rings is 1. The molecule has 0 saturated heterocycles. The maximum atomic E-state index is 13.0. The van der Waals surface area contributed by atoms with E-state index in [9.17, 15) is 9.90 Å². The Hall–Kier alpha value is -2.76. The highest BCUT2D eigenvalue weighted by molar-refractivity contribution is 7.22. The quantitative estimate of drug-likeness (QED) is 0.593. The van der Waals surface area contributed by atoms with Crippen LogP contribution in [0, 0.1) is 6.92 Å². The number of aryl methyl sites for hydroxylation is 1. The summed E-state index contributed by atoms with van der Waals surface area (Å²) in [4.78, 5) is 19.2. The van der Waals surface area contributed by atoms with Gasteiger partial charge in [-0.1, -0.05) is 60.7 Å². The van der Waals surface area contributed by atoms with Crippen LogP contribution in [0.15, 0.2) is 71.8 Å². The van der Waals surface area contributed by atoms with Crippen molar-refractivity contribution in [2.45, 2.75) is 19.6 Å². The second kappa shape index (κ2) is 6.86. The lowest BCUT2D eigenvalue weighted by Crippen LogP contribution is -2.23. The zero-order valence-electron chi connectivity index (χ0n) is 14.3. The van der Waals surface area contributed by atoms with Crippen molar-refractivity contribution in [3.63, 3.8) is 0 Å². The molecule has 0 bridgehead atoms. The van der Waals surface area contributed by atoms with Crippen LogP contribution in [-0.4, -0.2) is 14.7 Å². The molecule has 0 unspecified atom stereocenters. The van der Waals surface area contributed by atoms with E-state index >= 15 is 0 Å². The molecule has 5 heteroatoms. The zero-order valence-corrected chi connectivity index (χ0v) is 15.1. The van der Waals surface area contributed by atoms with Gasteiger partial charge in [0.1, 0.15) is 4.83 Å². The van der Waals surface area contributed by atoms with E-state index in [4.69, 9.17) is 0 Å². The van der Waals surface area contributed by atoms with Crippen molar-refractivity contribution in [1.29, 1.82) is 0 Å². The van der Waals surface area contributed by atoms with Crippen LogP contribution in [0.2, 0.25) is 0 Å². The number of aromatic nitrogens is 2. The van der Waals surface area contributed by atoms with Gasteiger partial charge in [-0.25, -0.2) is 4.98 Å². The molecule has 2 aromatic heterocycles. The first-order valence-corrected chi connectivity index (χ1v) is 9.24. The summed E-state index contributed by atoms with van der Waals surface area (Å²) in [7, 11) is 0. The highest BCUT2D eigenvalue weighted by Gasteiger charge is 2.17. The fraction of sp³-hybridized carbons (Fsp3) is 0.143. The molecule has 0 spiro atoms. The van der Waals surface area contributed by atoms with Gasteiger partial charge in [-0.3, -0.25) is 9.36 Å². The van der Waals surface area contributed by atoms with Crippen LogP contribution in [-0.2, 0) is 6.54 Å². The summed E-state index contributed by atoms with van der Waals surface area (Å²) in [6.45, 7) is 2.14. The molecule has 0 aliphatic rings. The minimum Gasteiger partial charge on any atom is -0.387 e. The van der Waals surface area contributed by atoms with Crippen LogP contribution in [0.25, 0.3) is 20.7 Å². The molecule has 4 aromatic rings. The van der Waals surface area contributed by atoms with Gasteiger partial charge in [0, 0.05) is 4.88 Å². The summed E-state index contributed by atoms with van der Waals surface area (Å²) in [5.41, 5.74) is 2.70. The highest BCUT2D eigenvalue weighted by atomic mass is 32.1. The molecular formula is C21H18N2O2S. The molecule has 4 rings (SSSR count). The van der Waals surface area contributed by atoms with Crippen molar-refractivity contribution >= 4 is 21.6 Å². The monoisotopic (exact) mass is 362 g/mol. The van der Waals surface area contributed by atoms with Crippen molar-refractivity contribution < 1.29 is 5.11 Å². The minimum atomic E-state index is -0.749. The summed E-state index contributed by atoms with van der Waals surface area (Å²) >= 11 is 1.53. The Labute approximate surface area is 155 Å². The van der Waals surface area contributed by atoms with Crippen LogP contribution in [0.3, 0.4) is 0 Å². The first-order valence-electron chi connectivity index (χ1n) is 8.42. The third kappa shape index (κ3) is 2.96. The summed E-state index contributed by atoms with van der Waals surface area (Å²) in [6.07, 6.45) is 0.780. The predicted molar refractivity (Wildman–Crippen MR) is 105 cm³/mol. The standard InChI is InChI=1S/C21H18N2O2S/c1-14-18-20(26-19(14)16-10-6-3-7-11-16)22-13-23(21(18)25)12-17(24)15-8-4-2-5-9-15/h2-11,13,17,24H,12H2,1H3/t17-/m0/s1. The van der Waals surface area contributed by atoms with E-state index in [1.54, 1.807) is 0 Å². The van der Waals surface area contributed by atoms with E-state index in [0.29, 0.717) is 5.39 Å². The van der Waals surface area contributed by atoms with Gasteiger partial charge in [-0.2, -0.15) is 0 Å². The molecule has 0 amide bonds. The van der Waals surface area contributed by atoms with Crippen molar-refractivity contribution in [2.24, 2.45) is 0 Å². The lowest BCUT2D eigenvalue weighted by Gasteiger charge is -2.12. The fourth-order valence-electron chi connectivity index (χ4n) is 3.12. The van der Waals surface area contributed by atoms with Crippen LogP contribution >= 0.6 is 11.3 Å². The molecule has 1 atom stereocenters. The van der Waals surface area contributed by atoms with E-state index in [2.05, 4.69) is 4.98 Å². The Morgan fingerprint density at radius 1 is 1.08 bits per heavy atom. The Morgan fingerprint density at radius 3 is 2.42 bits per heavy atom. The topological polar surface area (TPSA) is 55.1 Å². The SMILES string of the molecule is Cc1c(-c2ccccc2)sc2ncn(C[C@H](O)c3ccccc3)c(=O)c12. The van der Waals surface area contributed by atoms with Crippen molar-refractivity contribution in [1.82, 2.24) is 9.55 Å². The lowest BCUT2D eigenvalue weighted by molar-refractivity contribution is 0.155. The average Bonchev–Trinajstić information content (AvgIpc) is 3.02. The second-order valence-electron chi connectivity index (χ2n) is 6.23. The Bertz CT molecular complexity index is 1100. The third-order valence-electron chi connectivity index (χ3n) is 4.51. The number of rotatable bonds is 4. The summed E-state index contributed by atoms with van der Waals surface area (Å²) in [5, 5.41) is 11.1. The number of benzene rings is 2. The number of aliphatic hydroxyl groups is 1. The van der Waals surface area contributed by atoms with Crippen LogP contribution < -0.4 is 5.56 Å². The van der Waals surface area contributed by atoms with Gasteiger partial charge in [-0.15, -0.1) is 11.3 Å². The number of nitrogens with zero attached hydrogens (tertiary/aromatic N) is 2. The molecule has 0 radical (unpaired) electrons. The first kappa shape index (κ1) is 16.7. The van der Waals surface area contributed by atoms with Crippen molar-refractivity contribution in [2.75, 3.05) is 0 Å². The predicted octanol–water partition coefficient (Wildman–Crippen LogP) is 4.17. The van der Waals surface area contributed by atoms with E-state index in [-0.39, 0.29) is 12.1 Å². The van der Waals surface area contributed by atoms with Crippen molar-refractivity contribution in [3.05, 3.63) is 88.5 Å². The normalized spacial score (nSPS) is 12.4. The molecule has 0 fully saturated rings. The average molecular weight is 362 g/mol. The van der Waals surface area contributed by atoms with Crippen molar-refractivity contribution in [3.8, 4) is 10.4 Å². The molecule has 1 N–H and O–H groups in total. The van der Waals surface area contributed by atoms with Gasteiger partial charge in [-0.05, 0) is 23.6 Å². The molecule has 0 aliphatic carbocycles. The molecule has 2 heterocycles. The number of aliphatic hydroxyl groups excluding tert-OH is 1. The van der Waals surface area contributed by atoms with Crippen LogP contribution in [0.4, 0.5) is 0 Å². The smallest absolute Gasteiger partial charge is 0.262 e. The van der Waals surface area contributed by atoms with Gasteiger partial charge in [0.2, 0.25) is 0 Å². The third-order valence-corrected chi connectivity index (χ3v) is 5.76. The highest BCUT2D eigenvalue weighted by Crippen LogP contribution is 2.35. The van der Waals surface area contributed by atoms with Gasteiger partial charge in [0.05, 0.1) is 24.4 Å².